The number of likely N-dealkylation sites (tertiary alicyclic amines) is 1. The van der Waals surface area contributed by atoms with E-state index < -0.39 is 0 Å². The number of piperidine rings is 1. The van der Waals surface area contributed by atoms with Gasteiger partial charge in [0.2, 0.25) is 11.9 Å². The minimum absolute atomic E-state index is 0.0228. The van der Waals surface area contributed by atoms with Crippen LogP contribution in [0.25, 0.3) is 11.0 Å². The fourth-order valence-corrected chi connectivity index (χ4v) is 3.98. The van der Waals surface area contributed by atoms with Crippen molar-refractivity contribution in [2.24, 2.45) is 0 Å². The highest BCUT2D eigenvalue weighted by Crippen LogP contribution is 2.30. The van der Waals surface area contributed by atoms with E-state index in [-0.39, 0.29) is 18.0 Å². The molecule has 1 aliphatic heterocycles. The van der Waals surface area contributed by atoms with Crippen molar-refractivity contribution in [1.29, 1.82) is 0 Å². The van der Waals surface area contributed by atoms with E-state index in [4.69, 9.17) is 4.98 Å². The number of aromatic amines is 1. The number of likely N-dealkylation sites (N-methyl/N-ethyl adjacent to an activating group) is 1. The molecule has 4 heterocycles. The first-order valence-electron chi connectivity index (χ1n) is 10.3. The Morgan fingerprint density at radius 1 is 1.43 bits per heavy atom. The number of hydrogen-bond acceptors (Lipinski definition) is 6. The Morgan fingerprint density at radius 3 is 3.00 bits per heavy atom. The Kier molecular flexibility index (Phi) is 5.43. The van der Waals surface area contributed by atoms with Gasteiger partial charge in [-0.1, -0.05) is 6.58 Å². The van der Waals surface area contributed by atoms with Gasteiger partial charge >= 0.3 is 0 Å². The third-order valence-electron chi connectivity index (χ3n) is 5.81. The molecule has 2 atom stereocenters. The molecule has 3 aromatic rings. The van der Waals surface area contributed by atoms with Crippen LogP contribution in [0.3, 0.4) is 0 Å². The van der Waals surface area contributed by atoms with E-state index in [0.29, 0.717) is 12.5 Å². The van der Waals surface area contributed by atoms with E-state index in [9.17, 15) is 4.79 Å². The van der Waals surface area contributed by atoms with Crippen molar-refractivity contribution >= 4 is 34.4 Å². The van der Waals surface area contributed by atoms with Gasteiger partial charge < -0.3 is 20.1 Å². The Morgan fingerprint density at radius 2 is 2.27 bits per heavy atom. The number of carbonyl (C=O) groups is 1. The lowest BCUT2D eigenvalue weighted by Gasteiger charge is -2.41. The summed E-state index contributed by atoms with van der Waals surface area (Å²) in [6.45, 7) is 9.22. The van der Waals surface area contributed by atoms with Crippen molar-refractivity contribution in [3.8, 4) is 0 Å². The van der Waals surface area contributed by atoms with Crippen molar-refractivity contribution in [3.05, 3.63) is 37.3 Å². The Bertz CT molecular complexity index is 1050. The van der Waals surface area contributed by atoms with Crippen molar-refractivity contribution in [3.63, 3.8) is 0 Å². The zero-order valence-electron chi connectivity index (χ0n) is 17.7. The van der Waals surface area contributed by atoms with Gasteiger partial charge in [-0.05, 0) is 38.8 Å². The van der Waals surface area contributed by atoms with Gasteiger partial charge in [0.05, 0.1) is 17.3 Å². The van der Waals surface area contributed by atoms with Gasteiger partial charge in [0.15, 0.2) is 0 Å². The summed E-state index contributed by atoms with van der Waals surface area (Å²) in [4.78, 5) is 28.9. The Hall–Kier alpha value is -3.36. The van der Waals surface area contributed by atoms with Crippen LogP contribution in [0.15, 0.2) is 37.3 Å². The molecule has 1 amide bonds. The number of nitrogens with one attached hydrogen (secondary N) is 2. The smallest absolute Gasteiger partial charge is 0.246 e. The molecular weight excluding hydrogens is 380 g/mol. The molecule has 1 saturated heterocycles. The molecule has 2 N–H and O–H groups in total. The molecule has 30 heavy (non-hydrogen) atoms. The molecule has 0 spiro atoms. The van der Waals surface area contributed by atoms with Crippen molar-refractivity contribution in [2.75, 3.05) is 23.8 Å². The number of aromatic nitrogens is 5. The summed E-state index contributed by atoms with van der Waals surface area (Å²) in [6, 6.07) is 2.36. The summed E-state index contributed by atoms with van der Waals surface area (Å²) >= 11 is 0. The zero-order valence-corrected chi connectivity index (χ0v) is 17.7. The van der Waals surface area contributed by atoms with Gasteiger partial charge in [-0.15, -0.1) is 0 Å². The molecule has 9 heteroatoms. The van der Waals surface area contributed by atoms with Gasteiger partial charge in [0.25, 0.3) is 0 Å². The number of hydrogen-bond donors (Lipinski definition) is 2. The number of aryl methyl sites for hydroxylation is 1. The second-order valence-electron chi connectivity index (χ2n) is 7.71. The predicted octanol–water partition coefficient (Wildman–Crippen LogP) is 2.92. The van der Waals surface area contributed by atoms with Gasteiger partial charge in [-0.25, -0.2) is 0 Å². The lowest BCUT2D eigenvalue weighted by Crippen LogP contribution is -2.52. The highest BCUT2D eigenvalue weighted by atomic mass is 16.2. The van der Waals surface area contributed by atoms with E-state index in [1.807, 2.05) is 42.0 Å². The number of anilines is 3. The minimum atomic E-state index is -0.0228. The van der Waals surface area contributed by atoms with E-state index in [1.165, 1.54) is 6.08 Å². The number of amides is 1. The molecule has 3 aromatic heterocycles. The zero-order chi connectivity index (χ0) is 21.3. The summed E-state index contributed by atoms with van der Waals surface area (Å²) in [5.41, 5.74) is 1.60. The van der Waals surface area contributed by atoms with Crippen LogP contribution in [0.1, 0.15) is 26.7 Å². The van der Waals surface area contributed by atoms with Gasteiger partial charge in [0, 0.05) is 44.6 Å². The average molecular weight is 409 g/mol. The Labute approximate surface area is 175 Å². The molecule has 1 aliphatic rings. The fraction of sp³-hybridized carbons (Fsp3) is 0.429. The number of H-pyrrole nitrogens is 1. The monoisotopic (exact) mass is 408 g/mol. The minimum Gasteiger partial charge on any atom is -0.354 e. The first kappa shape index (κ1) is 19.9. The van der Waals surface area contributed by atoms with Crippen LogP contribution in [0.2, 0.25) is 0 Å². The van der Waals surface area contributed by atoms with Gasteiger partial charge in [-0.3, -0.25) is 9.48 Å². The molecule has 9 nitrogen and oxygen atoms in total. The van der Waals surface area contributed by atoms with E-state index in [0.717, 1.165) is 41.9 Å². The van der Waals surface area contributed by atoms with Crippen LogP contribution in [0.5, 0.6) is 0 Å². The van der Waals surface area contributed by atoms with Crippen LogP contribution < -0.4 is 10.2 Å². The summed E-state index contributed by atoms with van der Waals surface area (Å²) in [6.07, 6.45) is 8.87. The third-order valence-corrected chi connectivity index (χ3v) is 5.81. The van der Waals surface area contributed by atoms with Crippen LogP contribution in [0.4, 0.5) is 17.5 Å². The largest absolute Gasteiger partial charge is 0.354 e. The molecule has 0 radical (unpaired) electrons. The lowest BCUT2D eigenvalue weighted by atomic mass is 9.98. The van der Waals surface area contributed by atoms with Crippen LogP contribution in [0, 0.1) is 0 Å². The third kappa shape index (κ3) is 3.74. The normalized spacial score (nSPS) is 19.1. The van der Waals surface area contributed by atoms with Crippen LogP contribution >= 0.6 is 0 Å². The molecule has 4 rings (SSSR count). The summed E-state index contributed by atoms with van der Waals surface area (Å²) in [7, 11) is 2.03. The molecule has 0 aliphatic carbocycles. The second-order valence-corrected chi connectivity index (χ2v) is 7.71. The first-order chi connectivity index (χ1) is 14.5. The van der Waals surface area contributed by atoms with Crippen LogP contribution in [-0.2, 0) is 11.3 Å². The molecular formula is C21H28N8O. The number of fused-ring (bicyclic) bond motifs is 1. The molecule has 0 bridgehead atoms. The highest BCUT2D eigenvalue weighted by molar-refractivity contribution is 5.89. The van der Waals surface area contributed by atoms with Crippen molar-refractivity contribution < 1.29 is 4.79 Å². The summed E-state index contributed by atoms with van der Waals surface area (Å²) < 4.78 is 1.84. The van der Waals surface area contributed by atoms with Gasteiger partial charge in [0.1, 0.15) is 11.5 Å². The number of carbonyl (C=O) groups excluding carboxylic acids is 1. The standard InChI is InChI=1S/C21H28N8O/c1-5-18(30)29-13-16(8-7-14(29)3)27(4)20-17-9-10-22-19(17)25-21(26-20)24-15-11-23-28(6-2)12-15/h5,9-12,14,16H,1,6-8,13H2,2-4H3,(H2,22,24,25,26)/t14-,16+/m0/s1. The molecule has 0 saturated carbocycles. The van der Waals surface area contributed by atoms with Gasteiger partial charge in [-0.2, -0.15) is 15.1 Å². The number of rotatable bonds is 6. The second kappa shape index (κ2) is 8.17. The van der Waals surface area contributed by atoms with Crippen molar-refractivity contribution in [2.45, 2.75) is 45.3 Å². The van der Waals surface area contributed by atoms with E-state index in [1.54, 1.807) is 6.20 Å². The quantitative estimate of drug-likeness (QED) is 0.609. The lowest BCUT2D eigenvalue weighted by molar-refractivity contribution is -0.129. The summed E-state index contributed by atoms with van der Waals surface area (Å²) in [5, 5.41) is 8.49. The van der Waals surface area contributed by atoms with E-state index >= 15 is 0 Å². The van der Waals surface area contributed by atoms with Crippen molar-refractivity contribution in [1.82, 2.24) is 29.6 Å². The maximum Gasteiger partial charge on any atom is 0.246 e. The topological polar surface area (TPSA) is 95.0 Å². The maximum atomic E-state index is 12.3. The predicted molar refractivity (Wildman–Crippen MR) is 118 cm³/mol. The summed E-state index contributed by atoms with van der Waals surface area (Å²) in [5.74, 6) is 1.31. The first-order valence-corrected chi connectivity index (χ1v) is 10.3. The average Bonchev–Trinajstić information content (AvgIpc) is 3.41. The Balaban J connectivity index is 1.63. The fourth-order valence-electron chi connectivity index (χ4n) is 3.98. The van der Waals surface area contributed by atoms with Crippen LogP contribution in [-0.4, -0.2) is 61.2 Å². The molecule has 0 aromatic carbocycles. The molecule has 1 fully saturated rings. The SMILES string of the molecule is C=CC(=O)N1C[C@H](N(C)c2nc(Nc3cnn(CC)c3)nc3[nH]ccc23)CC[C@@H]1C. The van der Waals surface area contributed by atoms with E-state index in [2.05, 4.69) is 38.8 Å². The molecule has 158 valence electrons. The molecule has 0 unspecified atom stereocenters. The number of nitrogens with zero attached hydrogens (tertiary/aromatic N) is 6. The maximum absolute atomic E-state index is 12.3. The highest BCUT2D eigenvalue weighted by Gasteiger charge is 2.31.